The fraction of sp³-hybridized carbons (Fsp3) is 0.500. The van der Waals surface area contributed by atoms with Gasteiger partial charge >= 0.3 is 5.63 Å². The molecule has 0 radical (unpaired) electrons. The minimum Gasteiger partial charge on any atom is -0.489 e. The van der Waals surface area contributed by atoms with Crippen molar-refractivity contribution in [2.45, 2.75) is 58.0 Å². The molecule has 2 atom stereocenters. The summed E-state index contributed by atoms with van der Waals surface area (Å²) in [5.41, 5.74) is 3.82. The van der Waals surface area contributed by atoms with Gasteiger partial charge in [0.25, 0.3) is 0 Å². The molecule has 1 aromatic carbocycles. The highest BCUT2D eigenvalue weighted by atomic mass is 16.5. The van der Waals surface area contributed by atoms with Gasteiger partial charge in [-0.1, -0.05) is 19.4 Å². The fourth-order valence-corrected chi connectivity index (χ4v) is 3.69. The topological polar surface area (TPSA) is 39.4 Å². The molecule has 2 heterocycles. The van der Waals surface area contributed by atoms with E-state index in [2.05, 4.69) is 12.1 Å². The van der Waals surface area contributed by atoms with Gasteiger partial charge in [-0.05, 0) is 49.8 Å². The third-order valence-electron chi connectivity index (χ3n) is 5.10. The van der Waals surface area contributed by atoms with Crippen LogP contribution in [0.15, 0.2) is 21.3 Å². The highest BCUT2D eigenvalue weighted by molar-refractivity contribution is 5.88. The Bertz CT molecular complexity index is 772. The standard InChI is InChI=1S/C18H20O3/c1-10-11(2)20-17-14-9-8-12-6-4-3-5-7-13(12)16(14)21-18(19)15(10)17/h8-11H,3-7H2,1-2H3/t10-,11+/m0/s1. The monoisotopic (exact) mass is 284 g/mol. The number of aryl methyl sites for hydroxylation is 2. The molecular weight excluding hydrogens is 264 g/mol. The summed E-state index contributed by atoms with van der Waals surface area (Å²) in [5, 5.41) is 0.974. The molecule has 2 aromatic rings. The zero-order chi connectivity index (χ0) is 14.6. The first-order chi connectivity index (χ1) is 10.2. The SMILES string of the molecule is C[C@@H]1c2c(c3ccc4c(c3oc2=O)CCCCC4)O[C@@H]1C. The molecule has 0 fully saturated rings. The van der Waals surface area contributed by atoms with Crippen molar-refractivity contribution in [3.05, 3.63) is 39.2 Å². The smallest absolute Gasteiger partial charge is 0.343 e. The molecule has 1 aromatic heterocycles. The Balaban J connectivity index is 2.04. The summed E-state index contributed by atoms with van der Waals surface area (Å²) in [6.45, 7) is 4.04. The molecule has 0 saturated carbocycles. The molecule has 0 bridgehead atoms. The van der Waals surface area contributed by atoms with Crippen LogP contribution in [0, 0.1) is 0 Å². The summed E-state index contributed by atoms with van der Waals surface area (Å²) < 4.78 is 11.7. The molecule has 0 N–H and O–H groups in total. The maximum atomic E-state index is 12.4. The summed E-state index contributed by atoms with van der Waals surface area (Å²) in [6, 6.07) is 4.27. The van der Waals surface area contributed by atoms with E-state index in [4.69, 9.17) is 9.15 Å². The molecule has 1 aliphatic carbocycles. The van der Waals surface area contributed by atoms with Gasteiger partial charge < -0.3 is 9.15 Å². The van der Waals surface area contributed by atoms with Crippen molar-refractivity contribution in [2.75, 3.05) is 0 Å². The van der Waals surface area contributed by atoms with E-state index in [1.807, 2.05) is 13.8 Å². The Labute approximate surface area is 123 Å². The highest BCUT2D eigenvalue weighted by Gasteiger charge is 2.34. The van der Waals surface area contributed by atoms with Crippen LogP contribution in [0.4, 0.5) is 0 Å². The lowest BCUT2D eigenvalue weighted by molar-refractivity contribution is 0.234. The van der Waals surface area contributed by atoms with E-state index in [-0.39, 0.29) is 17.6 Å². The van der Waals surface area contributed by atoms with Crippen LogP contribution in [0.25, 0.3) is 11.0 Å². The molecule has 4 rings (SSSR count). The van der Waals surface area contributed by atoms with E-state index < -0.39 is 0 Å². The maximum Gasteiger partial charge on any atom is 0.343 e. The van der Waals surface area contributed by atoms with E-state index in [0.717, 1.165) is 29.6 Å². The molecule has 0 unspecified atom stereocenters. The molecule has 110 valence electrons. The van der Waals surface area contributed by atoms with Crippen LogP contribution in [0.3, 0.4) is 0 Å². The zero-order valence-electron chi connectivity index (χ0n) is 12.6. The Morgan fingerprint density at radius 2 is 1.90 bits per heavy atom. The number of fused-ring (bicyclic) bond motifs is 5. The van der Waals surface area contributed by atoms with Gasteiger partial charge in [-0.3, -0.25) is 0 Å². The summed E-state index contributed by atoms with van der Waals surface area (Å²) in [6.07, 6.45) is 5.75. The van der Waals surface area contributed by atoms with Gasteiger partial charge in [0.2, 0.25) is 0 Å². The van der Waals surface area contributed by atoms with E-state index in [1.54, 1.807) is 0 Å². The predicted octanol–water partition coefficient (Wildman–Crippen LogP) is 3.95. The van der Waals surface area contributed by atoms with Gasteiger partial charge in [-0.25, -0.2) is 4.79 Å². The summed E-state index contributed by atoms with van der Waals surface area (Å²) in [5.74, 6) is 0.854. The number of hydrogen-bond acceptors (Lipinski definition) is 3. The second-order valence-corrected chi connectivity index (χ2v) is 6.38. The van der Waals surface area contributed by atoms with E-state index in [0.29, 0.717) is 5.56 Å². The molecule has 3 nitrogen and oxygen atoms in total. The number of benzene rings is 1. The second kappa shape index (κ2) is 4.62. The van der Waals surface area contributed by atoms with Crippen LogP contribution in [0.1, 0.15) is 55.7 Å². The lowest BCUT2D eigenvalue weighted by Crippen LogP contribution is -2.14. The van der Waals surface area contributed by atoms with Gasteiger partial charge in [0.1, 0.15) is 17.4 Å². The Hall–Kier alpha value is -1.77. The predicted molar refractivity (Wildman–Crippen MR) is 82.2 cm³/mol. The van der Waals surface area contributed by atoms with Gasteiger partial charge in [0, 0.05) is 5.92 Å². The average Bonchev–Trinajstić information content (AvgIpc) is 2.66. The average molecular weight is 284 g/mol. The largest absolute Gasteiger partial charge is 0.489 e. The van der Waals surface area contributed by atoms with Gasteiger partial charge in [-0.2, -0.15) is 0 Å². The summed E-state index contributed by atoms with van der Waals surface area (Å²) in [4.78, 5) is 12.4. The van der Waals surface area contributed by atoms with Gasteiger partial charge in [0.05, 0.1) is 10.9 Å². The van der Waals surface area contributed by atoms with Crippen molar-refractivity contribution in [3.8, 4) is 5.75 Å². The molecule has 0 saturated heterocycles. The first-order valence-corrected chi connectivity index (χ1v) is 7.95. The lowest BCUT2D eigenvalue weighted by atomic mass is 9.96. The zero-order valence-corrected chi connectivity index (χ0v) is 12.6. The highest BCUT2D eigenvalue weighted by Crippen LogP contribution is 2.42. The second-order valence-electron chi connectivity index (χ2n) is 6.38. The van der Waals surface area contributed by atoms with Crippen LogP contribution >= 0.6 is 0 Å². The number of ether oxygens (including phenoxy) is 1. The fourth-order valence-electron chi connectivity index (χ4n) is 3.69. The summed E-state index contributed by atoms with van der Waals surface area (Å²) in [7, 11) is 0. The first-order valence-electron chi connectivity index (χ1n) is 7.95. The maximum absolute atomic E-state index is 12.4. The van der Waals surface area contributed by atoms with Crippen molar-refractivity contribution >= 4 is 11.0 Å². The Kier molecular flexibility index (Phi) is 2.84. The lowest BCUT2D eigenvalue weighted by Gasteiger charge is -2.11. The van der Waals surface area contributed by atoms with Crippen molar-refractivity contribution in [1.82, 2.24) is 0 Å². The van der Waals surface area contributed by atoms with Gasteiger partial charge in [-0.15, -0.1) is 0 Å². The number of hydrogen-bond donors (Lipinski definition) is 0. The van der Waals surface area contributed by atoms with Crippen LogP contribution in [0.5, 0.6) is 5.75 Å². The van der Waals surface area contributed by atoms with Crippen molar-refractivity contribution in [2.24, 2.45) is 0 Å². The molecule has 0 spiro atoms. The Morgan fingerprint density at radius 3 is 2.76 bits per heavy atom. The van der Waals surface area contributed by atoms with Crippen LogP contribution in [-0.2, 0) is 12.8 Å². The quantitative estimate of drug-likeness (QED) is 0.543. The molecule has 3 heteroatoms. The minimum absolute atomic E-state index is 0.0345. The molecule has 21 heavy (non-hydrogen) atoms. The van der Waals surface area contributed by atoms with E-state index in [1.165, 1.54) is 30.4 Å². The van der Waals surface area contributed by atoms with Gasteiger partial charge in [0.15, 0.2) is 0 Å². The third-order valence-corrected chi connectivity index (χ3v) is 5.10. The minimum atomic E-state index is -0.216. The number of rotatable bonds is 0. The van der Waals surface area contributed by atoms with Crippen LogP contribution < -0.4 is 10.4 Å². The Morgan fingerprint density at radius 1 is 1.10 bits per heavy atom. The molecule has 2 aliphatic rings. The summed E-state index contributed by atoms with van der Waals surface area (Å²) >= 11 is 0. The van der Waals surface area contributed by atoms with Crippen LogP contribution in [-0.4, -0.2) is 6.10 Å². The first kappa shape index (κ1) is 12.9. The van der Waals surface area contributed by atoms with Crippen LogP contribution in [0.2, 0.25) is 0 Å². The van der Waals surface area contributed by atoms with E-state index >= 15 is 0 Å². The molecular formula is C18H20O3. The van der Waals surface area contributed by atoms with Crippen molar-refractivity contribution in [1.29, 1.82) is 0 Å². The van der Waals surface area contributed by atoms with Crippen molar-refractivity contribution < 1.29 is 9.15 Å². The normalized spacial score (nSPS) is 24.3. The molecule has 0 amide bonds. The third kappa shape index (κ3) is 1.83. The van der Waals surface area contributed by atoms with E-state index in [9.17, 15) is 4.79 Å². The molecule has 1 aliphatic heterocycles. The van der Waals surface area contributed by atoms with Crippen molar-refractivity contribution in [3.63, 3.8) is 0 Å².